The first-order chi connectivity index (χ1) is 19.8. The number of fused-ring (bicyclic) bond motifs is 3. The Balaban J connectivity index is 1.32. The quantitative estimate of drug-likeness (QED) is 0.388. The second-order valence-electron chi connectivity index (χ2n) is 10.6. The number of amides is 3. The van der Waals surface area contributed by atoms with Gasteiger partial charge in [0.2, 0.25) is 5.91 Å². The minimum atomic E-state index is -1.92. The lowest BCUT2D eigenvalue weighted by molar-refractivity contribution is -0.137. The third kappa shape index (κ3) is 4.47. The van der Waals surface area contributed by atoms with E-state index in [1.54, 1.807) is 78.6 Å². The lowest BCUT2D eigenvalue weighted by Crippen LogP contribution is -2.40. The number of anilines is 3. The number of aliphatic hydroxyl groups is 2. The molecule has 0 radical (unpaired) electrons. The van der Waals surface area contributed by atoms with Crippen molar-refractivity contribution in [3.05, 3.63) is 90.0 Å². The van der Waals surface area contributed by atoms with E-state index in [1.165, 1.54) is 4.90 Å². The number of nitrogens with zero attached hydrogens (tertiary/aromatic N) is 2. The predicted octanol–water partition coefficient (Wildman–Crippen LogP) is 4.48. The van der Waals surface area contributed by atoms with Gasteiger partial charge in [-0.25, -0.2) is 0 Å². The fourth-order valence-electron chi connectivity index (χ4n) is 5.94. The van der Waals surface area contributed by atoms with Gasteiger partial charge in [0.05, 0.1) is 23.9 Å². The topological polar surface area (TPSA) is 119 Å². The molecule has 3 aromatic carbocycles. The normalized spacial score (nSPS) is 22.1. The van der Waals surface area contributed by atoms with E-state index >= 15 is 0 Å². The number of para-hydroxylation sites is 3. The van der Waals surface area contributed by atoms with E-state index in [0.29, 0.717) is 46.2 Å². The smallest absolute Gasteiger partial charge is 0.266 e. The zero-order valence-corrected chi connectivity index (χ0v) is 22.6. The van der Waals surface area contributed by atoms with Gasteiger partial charge in [0.15, 0.2) is 11.4 Å². The van der Waals surface area contributed by atoms with Crippen molar-refractivity contribution >= 4 is 34.8 Å². The Morgan fingerprint density at radius 2 is 1.88 bits per heavy atom. The van der Waals surface area contributed by atoms with Gasteiger partial charge in [0.1, 0.15) is 5.75 Å². The number of carbonyl (C=O) groups is 3. The van der Waals surface area contributed by atoms with Crippen LogP contribution in [0.25, 0.3) is 0 Å². The summed E-state index contributed by atoms with van der Waals surface area (Å²) in [6, 6.07) is 19.1. The molecule has 9 heteroatoms. The van der Waals surface area contributed by atoms with Crippen molar-refractivity contribution in [1.29, 1.82) is 0 Å². The van der Waals surface area contributed by atoms with Gasteiger partial charge in [0.25, 0.3) is 11.8 Å². The fourth-order valence-corrected chi connectivity index (χ4v) is 5.94. The summed E-state index contributed by atoms with van der Waals surface area (Å²) in [5.74, 6) is -0.732. The van der Waals surface area contributed by atoms with Gasteiger partial charge in [-0.1, -0.05) is 43.3 Å². The highest BCUT2D eigenvalue weighted by molar-refractivity contribution is 6.14. The first-order valence-corrected chi connectivity index (χ1v) is 13.8. The Bertz CT molecular complexity index is 1570. The molecule has 6 rings (SSSR count). The van der Waals surface area contributed by atoms with Crippen LogP contribution in [0.4, 0.5) is 17.1 Å². The maximum absolute atomic E-state index is 13.9. The van der Waals surface area contributed by atoms with Crippen LogP contribution in [-0.2, 0) is 15.2 Å². The summed E-state index contributed by atoms with van der Waals surface area (Å²) in [7, 11) is 0. The highest BCUT2D eigenvalue weighted by Crippen LogP contribution is 2.47. The number of aliphatic hydroxyl groups excluding tert-OH is 1. The summed E-state index contributed by atoms with van der Waals surface area (Å²) in [5.41, 5.74) is 0.251. The molecule has 3 aromatic rings. The van der Waals surface area contributed by atoms with E-state index in [2.05, 4.69) is 5.32 Å². The van der Waals surface area contributed by atoms with Crippen molar-refractivity contribution in [2.45, 2.75) is 37.8 Å². The molecule has 1 fully saturated rings. The number of hydrogen-bond donors (Lipinski definition) is 3. The second kappa shape index (κ2) is 10.5. The largest absolute Gasteiger partial charge is 0.454 e. The fraction of sp³-hybridized carbons (Fsp3) is 0.281. The van der Waals surface area contributed by atoms with E-state index in [-0.39, 0.29) is 30.9 Å². The Labute approximate surface area is 237 Å². The predicted molar refractivity (Wildman–Crippen MR) is 153 cm³/mol. The average molecular weight is 554 g/mol. The summed E-state index contributed by atoms with van der Waals surface area (Å²) in [6.45, 7) is 2.27. The third-order valence-electron chi connectivity index (χ3n) is 8.20. The molecule has 3 amide bonds. The molecule has 0 unspecified atom stereocenters. The molecule has 3 aliphatic rings. The van der Waals surface area contributed by atoms with E-state index in [9.17, 15) is 24.6 Å². The maximum atomic E-state index is 13.9. The van der Waals surface area contributed by atoms with Crippen LogP contribution in [0, 0.1) is 5.92 Å². The van der Waals surface area contributed by atoms with Crippen LogP contribution in [0.15, 0.2) is 78.9 Å². The van der Waals surface area contributed by atoms with Crippen molar-refractivity contribution < 1.29 is 29.3 Å². The lowest BCUT2D eigenvalue weighted by atomic mass is 9.82. The zero-order chi connectivity index (χ0) is 28.7. The van der Waals surface area contributed by atoms with E-state index < -0.39 is 17.4 Å². The molecule has 1 saturated heterocycles. The molecule has 0 saturated carbocycles. The first kappa shape index (κ1) is 26.7. The molecular formula is C32H31N3O6. The number of benzene rings is 3. The number of carbonyl (C=O) groups excluding carboxylic acids is 3. The number of nitrogens with one attached hydrogen (secondary N) is 1. The minimum absolute atomic E-state index is 0.0629. The molecule has 3 N–H and O–H groups in total. The van der Waals surface area contributed by atoms with E-state index in [0.717, 1.165) is 12.8 Å². The summed E-state index contributed by atoms with van der Waals surface area (Å²) in [5, 5.41) is 24.1. The number of ether oxygens (including phenoxy) is 1. The molecule has 0 bridgehead atoms. The Morgan fingerprint density at radius 3 is 2.68 bits per heavy atom. The van der Waals surface area contributed by atoms with Crippen molar-refractivity contribution in [1.82, 2.24) is 4.90 Å². The molecule has 0 spiro atoms. The molecule has 3 heterocycles. The Hall–Kier alpha value is -4.47. The van der Waals surface area contributed by atoms with Gasteiger partial charge in [-0.15, -0.1) is 0 Å². The van der Waals surface area contributed by atoms with Crippen LogP contribution < -0.4 is 15.0 Å². The van der Waals surface area contributed by atoms with Crippen molar-refractivity contribution in [3.63, 3.8) is 0 Å². The molecule has 0 aliphatic carbocycles. The van der Waals surface area contributed by atoms with Crippen LogP contribution in [-0.4, -0.2) is 52.0 Å². The van der Waals surface area contributed by atoms with Crippen LogP contribution >= 0.6 is 0 Å². The SMILES string of the molecule is C[C@@H](/C=C/CC(=O)N1CCC[C@H]1CO)[C@]1(O)C(=O)Nc2ccc(N3C(=O)c4ccccc4Oc4ccccc43)cc21. The van der Waals surface area contributed by atoms with E-state index in [1.807, 2.05) is 12.1 Å². The second-order valence-corrected chi connectivity index (χ2v) is 10.6. The van der Waals surface area contributed by atoms with Crippen LogP contribution in [0.3, 0.4) is 0 Å². The summed E-state index contributed by atoms with van der Waals surface area (Å²) < 4.78 is 6.10. The number of likely N-dealkylation sites (tertiary alicyclic amines) is 1. The molecule has 41 heavy (non-hydrogen) atoms. The van der Waals surface area contributed by atoms with Gasteiger partial charge in [-0.2, -0.15) is 0 Å². The highest BCUT2D eigenvalue weighted by atomic mass is 16.5. The maximum Gasteiger partial charge on any atom is 0.266 e. The van der Waals surface area contributed by atoms with Crippen LogP contribution in [0.1, 0.15) is 42.1 Å². The molecule has 3 atom stereocenters. The molecule has 210 valence electrons. The Morgan fingerprint density at radius 1 is 1.12 bits per heavy atom. The molecular weight excluding hydrogens is 522 g/mol. The molecule has 9 nitrogen and oxygen atoms in total. The van der Waals surface area contributed by atoms with Crippen molar-refractivity contribution in [2.24, 2.45) is 5.92 Å². The third-order valence-corrected chi connectivity index (χ3v) is 8.20. The number of hydrogen-bond acceptors (Lipinski definition) is 6. The highest BCUT2D eigenvalue weighted by Gasteiger charge is 2.49. The summed E-state index contributed by atoms with van der Waals surface area (Å²) in [6.07, 6.45) is 5.07. The average Bonchev–Trinajstić information content (AvgIpc) is 3.53. The molecule has 0 aromatic heterocycles. The van der Waals surface area contributed by atoms with Crippen LogP contribution in [0.2, 0.25) is 0 Å². The summed E-state index contributed by atoms with van der Waals surface area (Å²) in [4.78, 5) is 42.9. The van der Waals surface area contributed by atoms with Gasteiger partial charge in [-0.05, 0) is 55.3 Å². The minimum Gasteiger partial charge on any atom is -0.454 e. The first-order valence-electron chi connectivity index (χ1n) is 13.8. The van der Waals surface area contributed by atoms with Crippen molar-refractivity contribution in [3.8, 4) is 11.5 Å². The lowest BCUT2D eigenvalue weighted by Gasteiger charge is -2.28. The van der Waals surface area contributed by atoms with Crippen molar-refractivity contribution in [2.75, 3.05) is 23.4 Å². The van der Waals surface area contributed by atoms with E-state index in [4.69, 9.17) is 4.74 Å². The molecule has 3 aliphatic heterocycles. The summed E-state index contributed by atoms with van der Waals surface area (Å²) >= 11 is 0. The van der Waals surface area contributed by atoms with Gasteiger partial charge in [0, 0.05) is 35.8 Å². The number of rotatable bonds is 6. The standard InChI is InChI=1S/C32H31N3O6/c1-20(8-6-14-29(37)34-17-7-9-22(34)19-36)32(40)24-18-21(15-16-25(24)33-31(32)39)35-26-11-3-5-13-28(26)41-27-12-4-2-10-23(27)30(35)38/h2-6,8,10-13,15-16,18,20,22,36,40H,7,9,14,17,19H2,1H3,(H,33,39)/b8-6+/t20-,22-,32+/m0/s1. The van der Waals surface area contributed by atoms with Gasteiger partial charge >= 0.3 is 0 Å². The zero-order valence-electron chi connectivity index (χ0n) is 22.6. The van der Waals surface area contributed by atoms with Gasteiger partial charge < -0.3 is 25.2 Å². The van der Waals surface area contributed by atoms with Gasteiger partial charge in [-0.3, -0.25) is 19.3 Å². The Kier molecular flexibility index (Phi) is 6.84. The monoisotopic (exact) mass is 553 g/mol. The van der Waals surface area contributed by atoms with Crippen LogP contribution in [0.5, 0.6) is 11.5 Å².